The number of amides is 2. The first-order chi connectivity index (χ1) is 12.9. The van der Waals surface area contributed by atoms with Gasteiger partial charge in [0.15, 0.2) is 0 Å². The summed E-state index contributed by atoms with van der Waals surface area (Å²) < 4.78 is 6.52. The number of ether oxygens (including phenoxy) is 1. The molecule has 0 bridgehead atoms. The van der Waals surface area contributed by atoms with Gasteiger partial charge in [-0.2, -0.15) is 0 Å². The lowest BCUT2D eigenvalue weighted by molar-refractivity contribution is 0.0952. The van der Waals surface area contributed by atoms with E-state index in [9.17, 15) is 9.59 Å². The lowest BCUT2D eigenvalue weighted by Gasteiger charge is -2.14. The Hall–Kier alpha value is -2.34. The van der Waals surface area contributed by atoms with Gasteiger partial charge in [0.1, 0.15) is 5.75 Å². The molecule has 0 radical (unpaired) electrons. The van der Waals surface area contributed by atoms with Crippen molar-refractivity contribution in [2.24, 2.45) is 0 Å². The van der Waals surface area contributed by atoms with Gasteiger partial charge in [-0.3, -0.25) is 9.59 Å². The summed E-state index contributed by atoms with van der Waals surface area (Å²) in [5.74, 6) is 0.144. The van der Waals surface area contributed by atoms with E-state index >= 15 is 0 Å². The lowest BCUT2D eigenvalue weighted by atomic mass is 10.1. The Bertz CT molecular complexity index is 789. The van der Waals surface area contributed by atoms with Crippen LogP contribution in [0.1, 0.15) is 54.3 Å². The van der Waals surface area contributed by atoms with Gasteiger partial charge in [0, 0.05) is 22.3 Å². The smallest absolute Gasteiger partial charge is 0.259 e. The van der Waals surface area contributed by atoms with Gasteiger partial charge in [-0.05, 0) is 62.7 Å². The van der Waals surface area contributed by atoms with E-state index in [0.717, 1.165) is 17.3 Å². The fraction of sp³-hybridized carbons (Fsp3) is 0.333. The maximum atomic E-state index is 12.7. The van der Waals surface area contributed by atoms with Crippen molar-refractivity contribution in [2.45, 2.75) is 39.7 Å². The second-order valence-corrected chi connectivity index (χ2v) is 7.36. The molecule has 0 fully saturated rings. The number of hydrogen-bond acceptors (Lipinski definition) is 3. The second-order valence-electron chi connectivity index (χ2n) is 6.45. The van der Waals surface area contributed by atoms with Gasteiger partial charge in [0.25, 0.3) is 11.8 Å². The maximum Gasteiger partial charge on any atom is 0.259 e. The number of anilines is 1. The third-order valence-corrected chi connectivity index (χ3v) is 4.26. The number of halogens is 1. The van der Waals surface area contributed by atoms with Gasteiger partial charge >= 0.3 is 0 Å². The molecule has 2 N–H and O–H groups in total. The van der Waals surface area contributed by atoms with E-state index < -0.39 is 0 Å². The van der Waals surface area contributed by atoms with Crippen molar-refractivity contribution < 1.29 is 14.3 Å². The molecule has 0 unspecified atom stereocenters. The minimum Gasteiger partial charge on any atom is -0.490 e. The summed E-state index contributed by atoms with van der Waals surface area (Å²) in [5, 5.41) is 5.72. The first-order valence-electron chi connectivity index (χ1n) is 9.06. The summed E-state index contributed by atoms with van der Waals surface area (Å²) in [6.07, 6.45) is 1.94. The van der Waals surface area contributed by atoms with Gasteiger partial charge in [-0.1, -0.05) is 29.3 Å². The first-order valence-corrected chi connectivity index (χ1v) is 9.85. The minimum absolute atomic E-state index is 0.0387. The molecule has 0 aliphatic rings. The number of carbonyl (C=O) groups is 2. The summed E-state index contributed by atoms with van der Waals surface area (Å²) in [5.41, 5.74) is 1.62. The van der Waals surface area contributed by atoms with E-state index in [-0.39, 0.29) is 17.9 Å². The Balaban J connectivity index is 2.08. The van der Waals surface area contributed by atoms with Crippen molar-refractivity contribution in [3.63, 3.8) is 0 Å². The van der Waals surface area contributed by atoms with Crippen LogP contribution in [0.3, 0.4) is 0 Å². The Morgan fingerprint density at radius 3 is 2.41 bits per heavy atom. The van der Waals surface area contributed by atoms with E-state index in [1.54, 1.807) is 36.4 Å². The van der Waals surface area contributed by atoms with Crippen molar-refractivity contribution in [3.8, 4) is 5.75 Å². The standard InChI is InChI=1S/C21H25BrN2O3/c1-4-5-12-23-20(25)15-6-9-17(10-7-15)24-21(26)18-13-16(22)8-11-19(18)27-14(2)3/h6-11,13-14H,4-5,12H2,1-3H3,(H,23,25)(H,24,26). The molecular weight excluding hydrogens is 408 g/mol. The van der Waals surface area contributed by atoms with Crippen molar-refractivity contribution in [1.82, 2.24) is 5.32 Å². The lowest BCUT2D eigenvalue weighted by Crippen LogP contribution is -2.24. The van der Waals surface area contributed by atoms with Gasteiger partial charge in [0.05, 0.1) is 11.7 Å². The molecule has 0 atom stereocenters. The Labute approximate surface area is 168 Å². The largest absolute Gasteiger partial charge is 0.490 e. The average Bonchev–Trinajstić information content (AvgIpc) is 2.63. The van der Waals surface area contributed by atoms with E-state index in [2.05, 4.69) is 33.5 Å². The summed E-state index contributed by atoms with van der Waals surface area (Å²) in [6.45, 7) is 6.56. The number of carbonyl (C=O) groups excluding carboxylic acids is 2. The van der Waals surface area contributed by atoms with Gasteiger partial charge in [0.2, 0.25) is 0 Å². The second kappa shape index (κ2) is 10.1. The third kappa shape index (κ3) is 6.40. The van der Waals surface area contributed by atoms with Crippen LogP contribution in [0.4, 0.5) is 5.69 Å². The van der Waals surface area contributed by atoms with Crippen LogP contribution in [0.2, 0.25) is 0 Å². The van der Waals surface area contributed by atoms with Crippen LogP contribution in [0.5, 0.6) is 5.75 Å². The highest BCUT2D eigenvalue weighted by Gasteiger charge is 2.15. The van der Waals surface area contributed by atoms with Crippen LogP contribution in [0.25, 0.3) is 0 Å². The fourth-order valence-electron chi connectivity index (χ4n) is 2.42. The van der Waals surface area contributed by atoms with Gasteiger partial charge < -0.3 is 15.4 Å². The zero-order valence-corrected chi connectivity index (χ0v) is 17.4. The summed E-state index contributed by atoms with van der Waals surface area (Å²) in [6, 6.07) is 12.2. The molecule has 0 spiro atoms. The molecular formula is C21H25BrN2O3. The van der Waals surface area contributed by atoms with E-state index in [1.807, 2.05) is 19.9 Å². The van der Waals surface area contributed by atoms with E-state index in [0.29, 0.717) is 29.1 Å². The highest BCUT2D eigenvalue weighted by molar-refractivity contribution is 9.10. The number of hydrogen-bond donors (Lipinski definition) is 2. The molecule has 144 valence electrons. The predicted octanol–water partition coefficient (Wildman–Crippen LogP) is 5.02. The van der Waals surface area contributed by atoms with Crippen LogP contribution in [-0.2, 0) is 0 Å². The zero-order chi connectivity index (χ0) is 19.8. The molecule has 0 saturated carbocycles. The minimum atomic E-state index is -0.271. The summed E-state index contributed by atoms with van der Waals surface area (Å²) in [4.78, 5) is 24.7. The molecule has 5 nitrogen and oxygen atoms in total. The van der Waals surface area contributed by atoms with Crippen molar-refractivity contribution in [1.29, 1.82) is 0 Å². The van der Waals surface area contributed by atoms with Crippen LogP contribution in [0.15, 0.2) is 46.9 Å². The average molecular weight is 433 g/mol. The van der Waals surface area contributed by atoms with Crippen LogP contribution >= 0.6 is 15.9 Å². The number of nitrogens with one attached hydrogen (secondary N) is 2. The highest BCUT2D eigenvalue weighted by atomic mass is 79.9. The monoisotopic (exact) mass is 432 g/mol. The van der Waals surface area contributed by atoms with E-state index in [4.69, 9.17) is 4.74 Å². The predicted molar refractivity (Wildman–Crippen MR) is 112 cm³/mol. The van der Waals surface area contributed by atoms with Crippen LogP contribution in [0, 0.1) is 0 Å². The Kier molecular flexibility index (Phi) is 7.85. The number of unbranched alkanes of at least 4 members (excludes halogenated alkanes) is 1. The molecule has 2 rings (SSSR count). The number of benzene rings is 2. The first kappa shape index (κ1) is 21.0. The van der Waals surface area contributed by atoms with Gasteiger partial charge in [-0.25, -0.2) is 0 Å². The SMILES string of the molecule is CCCCNC(=O)c1ccc(NC(=O)c2cc(Br)ccc2OC(C)C)cc1. The van der Waals surface area contributed by atoms with Crippen molar-refractivity contribution in [2.75, 3.05) is 11.9 Å². The van der Waals surface area contributed by atoms with Crippen LogP contribution < -0.4 is 15.4 Å². The van der Waals surface area contributed by atoms with Crippen molar-refractivity contribution >= 4 is 33.4 Å². The molecule has 0 saturated heterocycles. The summed E-state index contributed by atoms with van der Waals surface area (Å²) >= 11 is 3.39. The molecule has 0 aliphatic carbocycles. The fourth-order valence-corrected chi connectivity index (χ4v) is 2.78. The van der Waals surface area contributed by atoms with Crippen LogP contribution in [-0.4, -0.2) is 24.5 Å². The third-order valence-electron chi connectivity index (χ3n) is 3.77. The molecule has 6 heteroatoms. The quantitative estimate of drug-likeness (QED) is 0.575. The summed E-state index contributed by atoms with van der Waals surface area (Å²) in [7, 11) is 0. The maximum absolute atomic E-state index is 12.7. The molecule has 0 heterocycles. The molecule has 2 aromatic rings. The Morgan fingerprint density at radius 1 is 1.07 bits per heavy atom. The van der Waals surface area contributed by atoms with Gasteiger partial charge in [-0.15, -0.1) is 0 Å². The van der Waals surface area contributed by atoms with Crippen molar-refractivity contribution in [3.05, 3.63) is 58.1 Å². The topological polar surface area (TPSA) is 67.4 Å². The molecule has 0 aromatic heterocycles. The molecule has 2 amide bonds. The number of rotatable bonds is 8. The highest BCUT2D eigenvalue weighted by Crippen LogP contribution is 2.25. The van der Waals surface area contributed by atoms with E-state index in [1.165, 1.54) is 0 Å². The normalized spacial score (nSPS) is 10.6. The molecule has 2 aromatic carbocycles. The Morgan fingerprint density at radius 2 is 1.78 bits per heavy atom. The molecule has 27 heavy (non-hydrogen) atoms. The molecule has 0 aliphatic heterocycles. The zero-order valence-electron chi connectivity index (χ0n) is 15.8.